The van der Waals surface area contributed by atoms with E-state index in [1.165, 1.54) is 0 Å². The molecule has 0 bridgehead atoms. The minimum Gasteiger partial charge on any atom is -0.507 e. The molecule has 1 spiro atoms. The van der Waals surface area contributed by atoms with Gasteiger partial charge in [-0.15, -0.1) is 0 Å². The van der Waals surface area contributed by atoms with Crippen LogP contribution in [-0.4, -0.2) is 73.4 Å². The zero-order valence-corrected chi connectivity index (χ0v) is 34.1. The third-order valence-corrected chi connectivity index (χ3v) is 10.2. The van der Waals surface area contributed by atoms with E-state index >= 15 is 0 Å². The van der Waals surface area contributed by atoms with E-state index in [-0.39, 0.29) is 47.4 Å². The van der Waals surface area contributed by atoms with Crippen LogP contribution in [-0.2, 0) is 61.7 Å². The van der Waals surface area contributed by atoms with Crippen molar-refractivity contribution in [2.45, 2.75) is 144 Å². The quantitative estimate of drug-likeness (QED) is 0.209. The fourth-order valence-electron chi connectivity index (χ4n) is 6.83. The fourth-order valence-corrected chi connectivity index (χ4v) is 6.83. The average Bonchev–Trinajstić information content (AvgIpc) is 3.06. The molecule has 0 amide bonds. The summed E-state index contributed by atoms with van der Waals surface area (Å²) in [6.07, 6.45) is -1.30. The van der Waals surface area contributed by atoms with Crippen LogP contribution < -0.4 is 0 Å². The summed E-state index contributed by atoms with van der Waals surface area (Å²) in [5.74, 6) is -0.191. The first-order valence-corrected chi connectivity index (χ1v) is 19.1. The molecule has 2 N–H and O–H groups in total. The molecule has 2 aliphatic rings. The fraction of sp³-hybridized carbons (Fsp3) is 0.674. The van der Waals surface area contributed by atoms with E-state index in [4.69, 9.17) is 28.4 Å². The van der Waals surface area contributed by atoms with E-state index in [0.717, 1.165) is 33.4 Å². The molecule has 0 radical (unpaired) electrons. The summed E-state index contributed by atoms with van der Waals surface area (Å²) < 4.78 is 36.6. The summed E-state index contributed by atoms with van der Waals surface area (Å²) in [6.45, 7) is 25.1. The van der Waals surface area contributed by atoms with Crippen LogP contribution in [0.15, 0.2) is 24.3 Å². The van der Waals surface area contributed by atoms with E-state index in [9.17, 15) is 19.8 Å². The number of aromatic hydroxyl groups is 2. The Balaban J connectivity index is 1.27. The minimum atomic E-state index is -0.730. The Labute approximate surface area is 316 Å². The second-order valence-corrected chi connectivity index (χ2v) is 18.0. The van der Waals surface area contributed by atoms with Crippen LogP contribution in [0.2, 0.25) is 0 Å². The van der Waals surface area contributed by atoms with Crippen LogP contribution >= 0.6 is 0 Å². The number of aryl methyl sites for hydroxylation is 4. The first kappa shape index (κ1) is 42.6. The largest absolute Gasteiger partial charge is 0.507 e. The number of rotatable bonds is 12. The molecule has 2 saturated heterocycles. The Morgan fingerprint density at radius 1 is 0.660 bits per heavy atom. The maximum absolute atomic E-state index is 13.1. The van der Waals surface area contributed by atoms with Crippen molar-refractivity contribution in [1.29, 1.82) is 0 Å². The van der Waals surface area contributed by atoms with Gasteiger partial charge in [-0.3, -0.25) is 9.59 Å². The number of ether oxygens (including phenoxy) is 6. The molecular weight excluding hydrogens is 676 g/mol. The standard InChI is InChI=1S/C43H64O10/c1-25(2)37(52-33(44)15-13-29-17-27(5)35(46)31(19-29)41(7,8)9)39-48-21-43(22-49-39)23-50-40(51-24-43)38(26(3)4)53-34(45)16-14-30-18-28(6)36(47)32(20-30)42(10,11)12/h17-20,25-26,37-40,46-47H,13-16,21-24H2,1-12H3. The molecule has 53 heavy (non-hydrogen) atoms. The van der Waals surface area contributed by atoms with Gasteiger partial charge in [-0.1, -0.05) is 93.5 Å². The molecule has 10 heteroatoms. The van der Waals surface area contributed by atoms with Crippen LogP contribution in [0.5, 0.6) is 11.5 Å². The highest BCUT2D eigenvalue weighted by Crippen LogP contribution is 2.37. The van der Waals surface area contributed by atoms with Gasteiger partial charge in [0.05, 0.1) is 31.8 Å². The minimum absolute atomic E-state index is 0.0512. The number of esters is 2. The number of benzene rings is 2. The topological polar surface area (TPSA) is 130 Å². The third kappa shape index (κ3) is 11.0. The number of carbonyl (C=O) groups excluding carboxylic acids is 2. The SMILES string of the molecule is Cc1cc(CCC(=O)OC(C(C)C)C2OCC3(CO2)COC(C(OC(=O)CCc2cc(C)c(O)c(C(C)(C)C)c2)C(C)C)OC3)cc(C(C)(C)C)c1O. The molecule has 2 atom stereocenters. The van der Waals surface area contributed by atoms with E-state index in [2.05, 4.69) is 41.5 Å². The van der Waals surface area contributed by atoms with Crippen molar-refractivity contribution in [3.8, 4) is 11.5 Å². The second kappa shape index (κ2) is 17.1. The molecule has 2 heterocycles. The van der Waals surface area contributed by atoms with Gasteiger partial charge in [-0.05, 0) is 82.7 Å². The van der Waals surface area contributed by atoms with Gasteiger partial charge in [0, 0.05) is 12.8 Å². The maximum Gasteiger partial charge on any atom is 0.306 e. The molecule has 0 aliphatic carbocycles. The Morgan fingerprint density at radius 3 is 1.26 bits per heavy atom. The Kier molecular flexibility index (Phi) is 13.7. The zero-order valence-electron chi connectivity index (χ0n) is 34.1. The monoisotopic (exact) mass is 740 g/mol. The van der Waals surface area contributed by atoms with Crippen LogP contribution in [0.4, 0.5) is 0 Å². The van der Waals surface area contributed by atoms with E-state index in [0.29, 0.717) is 50.8 Å². The molecule has 0 aromatic heterocycles. The van der Waals surface area contributed by atoms with Crippen molar-refractivity contribution in [2.24, 2.45) is 17.3 Å². The van der Waals surface area contributed by atoms with Gasteiger partial charge in [0.1, 0.15) is 11.5 Å². The molecule has 2 unspecified atom stereocenters. The molecular formula is C43H64O10. The lowest BCUT2D eigenvalue weighted by molar-refractivity contribution is -0.332. The van der Waals surface area contributed by atoms with Gasteiger partial charge in [-0.2, -0.15) is 0 Å². The lowest BCUT2D eigenvalue weighted by atomic mass is 9.83. The molecule has 4 rings (SSSR count). The van der Waals surface area contributed by atoms with Gasteiger partial charge in [0.25, 0.3) is 0 Å². The zero-order chi connectivity index (χ0) is 39.5. The summed E-state index contributed by atoms with van der Waals surface area (Å²) in [7, 11) is 0. The number of carbonyl (C=O) groups is 2. The van der Waals surface area contributed by atoms with Crippen LogP contribution in [0.3, 0.4) is 0 Å². The van der Waals surface area contributed by atoms with Gasteiger partial charge in [-0.25, -0.2) is 0 Å². The number of phenols is 2. The second-order valence-electron chi connectivity index (χ2n) is 18.0. The van der Waals surface area contributed by atoms with E-state index in [1.807, 2.05) is 65.8 Å². The Morgan fingerprint density at radius 2 is 0.981 bits per heavy atom. The third-order valence-electron chi connectivity index (χ3n) is 10.2. The highest BCUT2D eigenvalue weighted by Gasteiger charge is 2.47. The molecule has 2 aromatic rings. The van der Waals surface area contributed by atoms with Gasteiger partial charge >= 0.3 is 11.9 Å². The smallest absolute Gasteiger partial charge is 0.306 e. The maximum atomic E-state index is 13.1. The van der Waals surface area contributed by atoms with Crippen molar-refractivity contribution in [3.63, 3.8) is 0 Å². The van der Waals surface area contributed by atoms with Gasteiger partial charge in [0.2, 0.25) is 0 Å². The molecule has 2 fully saturated rings. The molecule has 2 aliphatic heterocycles. The summed E-state index contributed by atoms with van der Waals surface area (Å²) in [5, 5.41) is 21.1. The predicted molar refractivity (Wildman–Crippen MR) is 203 cm³/mol. The van der Waals surface area contributed by atoms with Crippen LogP contribution in [0.1, 0.15) is 115 Å². The number of phenolic OH excluding ortho intramolecular Hbond substituents is 2. The molecule has 296 valence electrons. The van der Waals surface area contributed by atoms with Crippen LogP contribution in [0.25, 0.3) is 0 Å². The average molecular weight is 741 g/mol. The normalized spacial score (nSPS) is 22.2. The Bertz CT molecular complexity index is 1440. The lowest BCUT2D eigenvalue weighted by Gasteiger charge is -2.46. The first-order valence-electron chi connectivity index (χ1n) is 19.1. The highest BCUT2D eigenvalue weighted by atomic mass is 16.7. The van der Waals surface area contributed by atoms with Crippen molar-refractivity contribution in [1.82, 2.24) is 0 Å². The summed E-state index contributed by atoms with van der Waals surface area (Å²) in [4.78, 5) is 26.1. The van der Waals surface area contributed by atoms with Crippen molar-refractivity contribution < 1.29 is 48.2 Å². The predicted octanol–water partition coefficient (Wildman–Crippen LogP) is 7.74. The summed E-state index contributed by atoms with van der Waals surface area (Å²) in [5.41, 5.74) is 4.22. The van der Waals surface area contributed by atoms with E-state index in [1.54, 1.807) is 0 Å². The number of hydrogen-bond acceptors (Lipinski definition) is 10. The van der Waals surface area contributed by atoms with E-state index < -0.39 is 30.2 Å². The highest BCUT2D eigenvalue weighted by molar-refractivity contribution is 5.70. The van der Waals surface area contributed by atoms with Gasteiger partial charge in [0.15, 0.2) is 24.8 Å². The lowest BCUT2D eigenvalue weighted by Crippen LogP contribution is -2.57. The van der Waals surface area contributed by atoms with Crippen LogP contribution in [0, 0.1) is 31.1 Å². The Hall–Kier alpha value is -3.18. The summed E-state index contributed by atoms with van der Waals surface area (Å²) >= 11 is 0. The summed E-state index contributed by atoms with van der Waals surface area (Å²) in [6, 6.07) is 7.77. The van der Waals surface area contributed by atoms with Crippen molar-refractivity contribution in [3.05, 3.63) is 57.6 Å². The first-order chi connectivity index (χ1) is 24.6. The van der Waals surface area contributed by atoms with Gasteiger partial charge < -0.3 is 38.6 Å². The molecule has 0 saturated carbocycles. The molecule has 2 aromatic carbocycles. The van der Waals surface area contributed by atoms with Crippen molar-refractivity contribution >= 4 is 11.9 Å². The van der Waals surface area contributed by atoms with Crippen molar-refractivity contribution in [2.75, 3.05) is 26.4 Å². The molecule has 10 nitrogen and oxygen atoms in total. The number of hydrogen-bond donors (Lipinski definition) is 2.